The number of thiophene rings is 2. The minimum atomic E-state index is 0.205. The molecule has 0 saturated heterocycles. The molecule has 0 spiro atoms. The maximum absolute atomic E-state index is 5.53. The van der Waals surface area contributed by atoms with Gasteiger partial charge in [-0.15, -0.1) is 22.7 Å². The van der Waals surface area contributed by atoms with Crippen LogP contribution in [-0.2, 0) is 0 Å². The number of rotatable bonds is 6. The lowest BCUT2D eigenvalue weighted by molar-refractivity contribution is 0.407. The van der Waals surface area contributed by atoms with Crippen LogP contribution in [0.15, 0.2) is 41.1 Å². The maximum Gasteiger partial charge on any atom is 0.134 e. The van der Waals surface area contributed by atoms with Crippen molar-refractivity contribution in [3.63, 3.8) is 0 Å². The summed E-state index contributed by atoms with van der Waals surface area (Å²) in [5.41, 5.74) is 1.35. The van der Waals surface area contributed by atoms with Gasteiger partial charge < -0.3 is 10.1 Å². The van der Waals surface area contributed by atoms with E-state index in [4.69, 9.17) is 4.74 Å². The molecule has 2 nitrogen and oxygen atoms in total. The summed E-state index contributed by atoms with van der Waals surface area (Å²) in [5, 5.41) is 9.39. The number of hydrogen-bond donors (Lipinski definition) is 1. The van der Waals surface area contributed by atoms with Crippen molar-refractivity contribution in [1.29, 1.82) is 0 Å². The van der Waals surface area contributed by atoms with Crippen molar-refractivity contribution < 1.29 is 4.74 Å². The van der Waals surface area contributed by atoms with E-state index >= 15 is 0 Å². The molecule has 1 N–H and O–H groups in total. The van der Waals surface area contributed by atoms with E-state index in [9.17, 15) is 0 Å². The number of ether oxygens (including phenoxy) is 1. The normalized spacial score (nSPS) is 12.7. The molecule has 3 aromatic rings. The summed E-state index contributed by atoms with van der Waals surface area (Å²) in [4.78, 5) is 1.26. The Morgan fingerprint density at radius 3 is 2.86 bits per heavy atom. The summed E-state index contributed by atoms with van der Waals surface area (Å²) in [6, 6.07) is 10.9. The van der Waals surface area contributed by atoms with Gasteiger partial charge in [-0.3, -0.25) is 0 Å². The van der Waals surface area contributed by atoms with E-state index in [0.29, 0.717) is 0 Å². The Labute approximate surface area is 133 Å². The average Bonchev–Trinajstić information content (AvgIpc) is 3.15. The van der Waals surface area contributed by atoms with E-state index in [1.54, 1.807) is 18.4 Å². The van der Waals surface area contributed by atoms with Crippen LogP contribution in [0.1, 0.15) is 29.8 Å². The zero-order valence-corrected chi connectivity index (χ0v) is 13.9. The molecule has 0 aliphatic rings. The smallest absolute Gasteiger partial charge is 0.134 e. The van der Waals surface area contributed by atoms with Crippen molar-refractivity contribution in [2.45, 2.75) is 19.4 Å². The van der Waals surface area contributed by atoms with Crippen LogP contribution in [0.2, 0.25) is 0 Å². The molecule has 1 atom stereocenters. The summed E-state index contributed by atoms with van der Waals surface area (Å²) in [7, 11) is 1.74. The lowest BCUT2D eigenvalue weighted by atomic mass is 10.0. The molecular formula is C17H19NOS2. The minimum absolute atomic E-state index is 0.205. The van der Waals surface area contributed by atoms with Gasteiger partial charge in [-0.2, -0.15) is 0 Å². The third kappa shape index (κ3) is 2.84. The molecule has 1 aromatic carbocycles. The van der Waals surface area contributed by atoms with Crippen LogP contribution in [0, 0.1) is 0 Å². The fourth-order valence-corrected chi connectivity index (χ4v) is 4.48. The van der Waals surface area contributed by atoms with Crippen molar-refractivity contribution in [3.8, 4) is 5.75 Å². The van der Waals surface area contributed by atoms with Crippen LogP contribution in [0.4, 0.5) is 0 Å². The highest BCUT2D eigenvalue weighted by molar-refractivity contribution is 7.17. The molecular weight excluding hydrogens is 298 g/mol. The third-order valence-electron chi connectivity index (χ3n) is 3.56. The van der Waals surface area contributed by atoms with Crippen molar-refractivity contribution in [2.24, 2.45) is 0 Å². The molecule has 0 fully saturated rings. The summed E-state index contributed by atoms with van der Waals surface area (Å²) < 4.78 is 6.87. The number of nitrogens with one attached hydrogen (secondary N) is 1. The summed E-state index contributed by atoms with van der Waals surface area (Å²) >= 11 is 3.57. The fraction of sp³-hybridized carbons (Fsp3) is 0.294. The van der Waals surface area contributed by atoms with Gasteiger partial charge in [0.25, 0.3) is 0 Å². The lowest BCUT2D eigenvalue weighted by Gasteiger charge is -2.18. The molecule has 0 aliphatic carbocycles. The molecule has 0 amide bonds. The van der Waals surface area contributed by atoms with Crippen LogP contribution in [-0.4, -0.2) is 13.7 Å². The van der Waals surface area contributed by atoms with Gasteiger partial charge >= 0.3 is 0 Å². The van der Waals surface area contributed by atoms with E-state index in [2.05, 4.69) is 53.3 Å². The van der Waals surface area contributed by atoms with Crippen molar-refractivity contribution >= 4 is 32.8 Å². The maximum atomic E-state index is 5.53. The second kappa shape index (κ2) is 6.60. The molecule has 2 heterocycles. The molecule has 0 bridgehead atoms. The van der Waals surface area contributed by atoms with E-state index in [1.807, 2.05) is 11.3 Å². The van der Waals surface area contributed by atoms with Gasteiger partial charge in [0.15, 0.2) is 0 Å². The second-order valence-electron chi connectivity index (χ2n) is 4.93. The number of benzene rings is 1. The van der Waals surface area contributed by atoms with Gasteiger partial charge in [0, 0.05) is 4.70 Å². The van der Waals surface area contributed by atoms with E-state index in [1.165, 1.54) is 20.5 Å². The van der Waals surface area contributed by atoms with Gasteiger partial charge in [-0.1, -0.05) is 25.1 Å². The van der Waals surface area contributed by atoms with Crippen molar-refractivity contribution in [2.75, 3.05) is 13.7 Å². The molecule has 2 aromatic heterocycles. The molecule has 4 heteroatoms. The Balaban J connectivity index is 2.07. The van der Waals surface area contributed by atoms with Crippen LogP contribution >= 0.6 is 22.7 Å². The van der Waals surface area contributed by atoms with Gasteiger partial charge in [-0.25, -0.2) is 0 Å². The Bertz CT molecular complexity index is 716. The first-order valence-corrected chi connectivity index (χ1v) is 8.92. The number of hydrogen-bond acceptors (Lipinski definition) is 4. The predicted molar refractivity (Wildman–Crippen MR) is 92.8 cm³/mol. The Morgan fingerprint density at radius 2 is 2.05 bits per heavy atom. The van der Waals surface area contributed by atoms with Crippen molar-refractivity contribution in [3.05, 3.63) is 51.5 Å². The topological polar surface area (TPSA) is 21.3 Å². The Morgan fingerprint density at radius 1 is 1.19 bits per heavy atom. The minimum Gasteiger partial charge on any atom is -0.496 e. The Hall–Kier alpha value is -1.36. The predicted octanol–water partition coefficient (Wildman–Crippen LogP) is 5.06. The van der Waals surface area contributed by atoms with Crippen LogP contribution in [0.3, 0.4) is 0 Å². The fourth-order valence-electron chi connectivity index (χ4n) is 2.54. The summed E-state index contributed by atoms with van der Waals surface area (Å²) in [5.74, 6) is 0.976. The highest BCUT2D eigenvalue weighted by atomic mass is 32.1. The zero-order chi connectivity index (χ0) is 14.7. The van der Waals surface area contributed by atoms with Crippen LogP contribution < -0.4 is 10.1 Å². The standard InChI is InChI=1S/C17H19NOS2/c1-3-9-18-16(17-14(19-2)8-10-20-17)13-11-21-15-7-5-4-6-12(13)15/h4-8,10-11,16,18H,3,9H2,1-2H3. The highest BCUT2D eigenvalue weighted by Crippen LogP contribution is 2.39. The molecule has 3 rings (SSSR count). The van der Waals surface area contributed by atoms with Crippen LogP contribution in [0.25, 0.3) is 10.1 Å². The highest BCUT2D eigenvalue weighted by Gasteiger charge is 2.21. The molecule has 0 saturated carbocycles. The largest absolute Gasteiger partial charge is 0.496 e. The van der Waals surface area contributed by atoms with E-state index in [-0.39, 0.29) is 6.04 Å². The van der Waals surface area contributed by atoms with Gasteiger partial charge in [0.2, 0.25) is 0 Å². The Kier molecular flexibility index (Phi) is 4.58. The van der Waals surface area contributed by atoms with E-state index < -0.39 is 0 Å². The number of fused-ring (bicyclic) bond motifs is 1. The summed E-state index contributed by atoms with van der Waals surface area (Å²) in [6.07, 6.45) is 1.12. The van der Waals surface area contributed by atoms with Gasteiger partial charge in [0.05, 0.1) is 18.0 Å². The molecule has 21 heavy (non-hydrogen) atoms. The zero-order valence-electron chi connectivity index (χ0n) is 12.3. The number of methoxy groups -OCH3 is 1. The van der Waals surface area contributed by atoms with Gasteiger partial charge in [-0.05, 0) is 46.8 Å². The van der Waals surface area contributed by atoms with E-state index in [0.717, 1.165) is 18.7 Å². The first-order valence-electron chi connectivity index (χ1n) is 7.16. The summed E-state index contributed by atoms with van der Waals surface area (Å²) in [6.45, 7) is 3.19. The average molecular weight is 317 g/mol. The first-order chi connectivity index (χ1) is 10.3. The first kappa shape index (κ1) is 14.6. The SMILES string of the molecule is CCCNC(c1sccc1OC)c1csc2ccccc12. The lowest BCUT2D eigenvalue weighted by Crippen LogP contribution is -2.22. The van der Waals surface area contributed by atoms with Gasteiger partial charge in [0.1, 0.15) is 5.75 Å². The van der Waals surface area contributed by atoms with Crippen molar-refractivity contribution in [1.82, 2.24) is 5.32 Å². The third-order valence-corrected chi connectivity index (χ3v) is 5.50. The molecule has 1 unspecified atom stereocenters. The molecule has 0 radical (unpaired) electrons. The monoisotopic (exact) mass is 317 g/mol. The molecule has 110 valence electrons. The second-order valence-corrected chi connectivity index (χ2v) is 6.79. The van der Waals surface area contributed by atoms with Crippen LogP contribution in [0.5, 0.6) is 5.75 Å². The quantitative estimate of drug-likeness (QED) is 0.686. The molecule has 0 aliphatic heterocycles.